The van der Waals surface area contributed by atoms with Crippen molar-refractivity contribution in [2.75, 3.05) is 0 Å². The molecule has 0 aromatic heterocycles. The molecule has 0 radical (unpaired) electrons. The van der Waals surface area contributed by atoms with Crippen molar-refractivity contribution in [2.24, 2.45) is 0 Å². The average Bonchev–Trinajstić information content (AvgIpc) is 2.84. The lowest BCUT2D eigenvalue weighted by Crippen LogP contribution is -2.15. The Hall–Kier alpha value is -5.25. The van der Waals surface area contributed by atoms with Crippen LogP contribution in [0.25, 0.3) is 0 Å². The third kappa shape index (κ3) is 8.67. The molecule has 0 aliphatic rings. The Morgan fingerprint density at radius 1 is 0.487 bits per heavy atom. The topological polar surface area (TPSA) is 132 Å². The number of rotatable bonds is 10. The standard InChI is InChI=1S/C29H26O10/c1-15(2)25(30)35-20-12-21(36-26(31)16(3)4)14-22(13-20)37-29(34)19-9-10-23(38-27(32)17(5)6)24(11-19)39-28(33)18(7)8/h9-14H,1,3,5,7H2,2,4,6,8H3. The molecule has 0 aliphatic heterocycles. The molecule has 0 saturated carbocycles. The quantitative estimate of drug-likeness (QED) is 0.237. The van der Waals surface area contributed by atoms with E-state index < -0.39 is 29.8 Å². The molecule has 202 valence electrons. The largest absolute Gasteiger partial charge is 0.423 e. The van der Waals surface area contributed by atoms with Gasteiger partial charge in [-0.3, -0.25) is 0 Å². The summed E-state index contributed by atoms with van der Waals surface area (Å²) in [4.78, 5) is 61.1. The van der Waals surface area contributed by atoms with Crippen molar-refractivity contribution in [3.05, 3.63) is 90.6 Å². The van der Waals surface area contributed by atoms with Crippen molar-refractivity contribution in [1.82, 2.24) is 0 Å². The molecule has 2 aromatic carbocycles. The molecule has 10 nitrogen and oxygen atoms in total. The third-order valence-corrected chi connectivity index (χ3v) is 4.46. The first-order valence-corrected chi connectivity index (χ1v) is 11.2. The fourth-order valence-corrected chi connectivity index (χ4v) is 2.45. The number of ether oxygens (including phenoxy) is 5. The van der Waals surface area contributed by atoms with Gasteiger partial charge in [-0.1, -0.05) is 26.3 Å². The predicted molar refractivity (Wildman–Crippen MR) is 140 cm³/mol. The monoisotopic (exact) mass is 534 g/mol. The molecule has 2 rings (SSSR count). The summed E-state index contributed by atoms with van der Waals surface area (Å²) in [5, 5.41) is 0. The van der Waals surface area contributed by atoms with Gasteiger partial charge in [-0.15, -0.1) is 0 Å². The highest BCUT2D eigenvalue weighted by Gasteiger charge is 2.20. The van der Waals surface area contributed by atoms with E-state index in [0.717, 1.165) is 6.07 Å². The molecule has 0 N–H and O–H groups in total. The number of carbonyl (C=O) groups excluding carboxylic acids is 5. The molecule has 0 bridgehead atoms. The van der Waals surface area contributed by atoms with Crippen molar-refractivity contribution < 1.29 is 47.7 Å². The Morgan fingerprint density at radius 2 is 0.846 bits per heavy atom. The van der Waals surface area contributed by atoms with Crippen LogP contribution in [0.15, 0.2) is 85.0 Å². The van der Waals surface area contributed by atoms with Crippen LogP contribution in [0.4, 0.5) is 0 Å². The first-order chi connectivity index (χ1) is 18.2. The van der Waals surface area contributed by atoms with E-state index in [1.807, 2.05) is 0 Å². The van der Waals surface area contributed by atoms with Crippen molar-refractivity contribution in [3.8, 4) is 28.7 Å². The molecule has 2 aromatic rings. The van der Waals surface area contributed by atoms with Gasteiger partial charge in [0.2, 0.25) is 0 Å². The number of hydrogen-bond donors (Lipinski definition) is 0. The van der Waals surface area contributed by atoms with E-state index in [1.165, 1.54) is 58.0 Å². The summed E-state index contributed by atoms with van der Waals surface area (Å²) in [6.45, 7) is 19.7. The highest BCUT2D eigenvalue weighted by Crippen LogP contribution is 2.32. The smallest absolute Gasteiger partial charge is 0.343 e. The fourth-order valence-electron chi connectivity index (χ4n) is 2.45. The van der Waals surface area contributed by atoms with Crippen LogP contribution in [-0.2, 0) is 19.2 Å². The highest BCUT2D eigenvalue weighted by molar-refractivity contribution is 5.95. The molecule has 0 aliphatic carbocycles. The minimum atomic E-state index is -0.944. The summed E-state index contributed by atoms with van der Waals surface area (Å²) in [5.74, 6) is -4.86. The van der Waals surface area contributed by atoms with E-state index in [4.69, 9.17) is 23.7 Å². The van der Waals surface area contributed by atoms with E-state index in [-0.39, 0.29) is 56.6 Å². The summed E-state index contributed by atoms with van der Waals surface area (Å²) in [5.41, 5.74) is 0.230. The van der Waals surface area contributed by atoms with Crippen LogP contribution >= 0.6 is 0 Å². The third-order valence-electron chi connectivity index (χ3n) is 4.46. The Labute approximate surface area is 224 Å². The van der Waals surface area contributed by atoms with Crippen LogP contribution in [0.1, 0.15) is 38.1 Å². The van der Waals surface area contributed by atoms with E-state index >= 15 is 0 Å². The van der Waals surface area contributed by atoms with Gasteiger partial charge in [0.05, 0.1) is 5.56 Å². The number of esters is 5. The lowest BCUT2D eigenvalue weighted by molar-refractivity contribution is -0.132. The summed E-state index contributed by atoms with van der Waals surface area (Å²) < 4.78 is 26.1. The second-order valence-electron chi connectivity index (χ2n) is 8.37. The highest BCUT2D eigenvalue weighted by atomic mass is 16.6. The maximum Gasteiger partial charge on any atom is 0.343 e. The normalized spacial score (nSPS) is 9.95. The van der Waals surface area contributed by atoms with Crippen LogP contribution in [0.3, 0.4) is 0 Å². The molecular formula is C29H26O10. The van der Waals surface area contributed by atoms with E-state index in [9.17, 15) is 24.0 Å². The van der Waals surface area contributed by atoms with E-state index in [1.54, 1.807) is 0 Å². The number of benzene rings is 2. The first kappa shape index (κ1) is 30.0. The van der Waals surface area contributed by atoms with Crippen LogP contribution in [-0.4, -0.2) is 29.8 Å². The zero-order chi connectivity index (χ0) is 29.4. The van der Waals surface area contributed by atoms with Gasteiger partial charge in [-0.05, 0) is 45.9 Å². The lowest BCUT2D eigenvalue weighted by Gasteiger charge is -2.13. The van der Waals surface area contributed by atoms with Gasteiger partial charge in [0.25, 0.3) is 0 Å². The Kier molecular flexibility index (Phi) is 9.85. The molecule has 10 heteroatoms. The zero-order valence-electron chi connectivity index (χ0n) is 21.9. The average molecular weight is 535 g/mol. The summed E-state index contributed by atoms with van der Waals surface area (Å²) >= 11 is 0. The molecule has 0 spiro atoms. The number of hydrogen-bond acceptors (Lipinski definition) is 10. The van der Waals surface area contributed by atoms with Crippen LogP contribution in [0.2, 0.25) is 0 Å². The van der Waals surface area contributed by atoms with Gasteiger partial charge in [0.15, 0.2) is 11.5 Å². The van der Waals surface area contributed by atoms with Gasteiger partial charge in [-0.2, -0.15) is 0 Å². The van der Waals surface area contributed by atoms with Crippen LogP contribution in [0, 0.1) is 0 Å². The van der Waals surface area contributed by atoms with Crippen molar-refractivity contribution in [3.63, 3.8) is 0 Å². The fraction of sp³-hybridized carbons (Fsp3) is 0.138. The number of carbonyl (C=O) groups is 5. The Bertz CT molecular complexity index is 1380. The maximum atomic E-state index is 13.0. The molecular weight excluding hydrogens is 508 g/mol. The molecule has 39 heavy (non-hydrogen) atoms. The molecule has 0 unspecified atom stereocenters. The van der Waals surface area contributed by atoms with Crippen LogP contribution in [0.5, 0.6) is 28.7 Å². The minimum Gasteiger partial charge on any atom is -0.423 e. The van der Waals surface area contributed by atoms with Gasteiger partial charge >= 0.3 is 29.8 Å². The van der Waals surface area contributed by atoms with Crippen molar-refractivity contribution in [1.29, 1.82) is 0 Å². The summed E-state index contributed by atoms with van der Waals surface area (Å²) in [7, 11) is 0. The molecule has 0 saturated heterocycles. The first-order valence-electron chi connectivity index (χ1n) is 11.2. The molecule has 0 amide bonds. The Balaban J connectivity index is 2.44. The predicted octanol–water partition coefficient (Wildman–Crippen LogP) is 4.83. The van der Waals surface area contributed by atoms with Gasteiger partial charge in [-0.25, -0.2) is 24.0 Å². The second-order valence-corrected chi connectivity index (χ2v) is 8.37. The summed E-state index contributed by atoms with van der Waals surface area (Å²) in [6.07, 6.45) is 0. The maximum absolute atomic E-state index is 13.0. The second kappa shape index (κ2) is 12.8. The van der Waals surface area contributed by atoms with Crippen molar-refractivity contribution >= 4 is 29.8 Å². The SMILES string of the molecule is C=C(C)C(=O)Oc1cc(OC(=O)C(=C)C)cc(OC(=O)c2ccc(OC(=O)C(=C)C)c(OC(=O)C(=C)C)c2)c1. The zero-order valence-corrected chi connectivity index (χ0v) is 21.9. The molecule has 0 atom stereocenters. The summed E-state index contributed by atoms with van der Waals surface area (Å²) in [6, 6.07) is 7.26. The van der Waals surface area contributed by atoms with Gasteiger partial charge in [0.1, 0.15) is 17.2 Å². The Morgan fingerprint density at radius 3 is 1.26 bits per heavy atom. The minimum absolute atomic E-state index is 0.0538. The van der Waals surface area contributed by atoms with Gasteiger partial charge in [0, 0.05) is 40.5 Å². The lowest BCUT2D eigenvalue weighted by atomic mass is 10.2. The van der Waals surface area contributed by atoms with Crippen LogP contribution < -0.4 is 23.7 Å². The van der Waals surface area contributed by atoms with Gasteiger partial charge < -0.3 is 23.7 Å². The molecule has 0 fully saturated rings. The van der Waals surface area contributed by atoms with E-state index in [2.05, 4.69) is 26.3 Å². The van der Waals surface area contributed by atoms with Crippen molar-refractivity contribution in [2.45, 2.75) is 27.7 Å². The molecule has 0 heterocycles. The van der Waals surface area contributed by atoms with E-state index in [0.29, 0.717) is 0 Å².